The Labute approximate surface area is 122 Å². The molecule has 0 bridgehead atoms. The Kier molecular flexibility index (Phi) is 5.88. The van der Waals surface area contributed by atoms with Gasteiger partial charge in [0.1, 0.15) is 5.75 Å². The van der Waals surface area contributed by atoms with Gasteiger partial charge in [0, 0.05) is 15.2 Å². The van der Waals surface area contributed by atoms with Crippen molar-refractivity contribution >= 4 is 34.9 Å². The lowest BCUT2D eigenvalue weighted by Crippen LogP contribution is -1.88. The third kappa shape index (κ3) is 3.75. The van der Waals surface area contributed by atoms with Crippen molar-refractivity contribution in [2.45, 2.75) is 9.79 Å². The van der Waals surface area contributed by atoms with Crippen molar-refractivity contribution < 1.29 is 34.0 Å². The van der Waals surface area contributed by atoms with Crippen LogP contribution >= 0.6 is 24.1 Å². The van der Waals surface area contributed by atoms with Crippen LogP contribution in [0.5, 0.6) is 5.75 Å². The Bertz CT molecular complexity index is 573. The fourth-order valence-corrected chi connectivity index (χ4v) is 2.51. The average molecular weight is 318 g/mol. The first-order valence-corrected chi connectivity index (χ1v) is 6.68. The van der Waals surface area contributed by atoms with Crippen molar-refractivity contribution in [2.24, 2.45) is 0 Å². The number of hydrogen-bond acceptors (Lipinski definition) is 9. The van der Waals surface area contributed by atoms with E-state index in [0.29, 0.717) is 10.6 Å². The number of hydrogen-bond donors (Lipinski definition) is 2. The molecule has 0 spiro atoms. The zero-order chi connectivity index (χ0) is 14.4. The van der Waals surface area contributed by atoms with Gasteiger partial charge in [-0.2, -0.15) is 0 Å². The van der Waals surface area contributed by atoms with Gasteiger partial charge in [0.25, 0.3) is 0 Å². The van der Waals surface area contributed by atoms with Crippen LogP contribution in [0.15, 0.2) is 40.1 Å². The molecule has 0 saturated heterocycles. The average Bonchev–Trinajstić information content (AvgIpc) is 2.49. The molecule has 0 aliphatic carbocycles. The van der Waals surface area contributed by atoms with Gasteiger partial charge < -0.3 is 4.74 Å². The number of fused-ring (bicyclic) bond motifs is 1. The highest BCUT2D eigenvalue weighted by molar-refractivity contribution is 7.94. The lowest BCUT2D eigenvalue weighted by molar-refractivity contribution is -0.432. The summed E-state index contributed by atoms with van der Waals surface area (Å²) in [7, 11) is 1.55. The Morgan fingerprint density at radius 1 is 0.900 bits per heavy atom. The molecule has 0 aliphatic rings. The van der Waals surface area contributed by atoms with Crippen molar-refractivity contribution in [3.63, 3.8) is 0 Å². The minimum absolute atomic E-state index is 0.641. The molecular weight excluding hydrogens is 308 g/mol. The van der Waals surface area contributed by atoms with E-state index in [2.05, 4.69) is 18.7 Å². The van der Waals surface area contributed by atoms with E-state index in [1.807, 2.05) is 18.2 Å². The van der Waals surface area contributed by atoms with Gasteiger partial charge in [0.15, 0.2) is 0 Å². The van der Waals surface area contributed by atoms with Crippen molar-refractivity contribution in [3.8, 4) is 5.75 Å². The third-order valence-electron chi connectivity index (χ3n) is 2.40. The minimum atomic E-state index is 0.641. The highest BCUT2D eigenvalue weighted by atomic mass is 32.2. The highest BCUT2D eigenvalue weighted by Gasteiger charge is 2.08. The van der Waals surface area contributed by atoms with Gasteiger partial charge in [0.05, 0.1) is 31.2 Å². The molecule has 0 radical (unpaired) electrons. The van der Waals surface area contributed by atoms with Crippen molar-refractivity contribution in [2.75, 3.05) is 7.11 Å². The maximum absolute atomic E-state index is 8.18. The van der Waals surface area contributed by atoms with Gasteiger partial charge in [-0.3, -0.25) is 0 Å². The fourth-order valence-electron chi connectivity index (χ4n) is 1.66. The third-order valence-corrected chi connectivity index (χ3v) is 3.53. The first kappa shape index (κ1) is 15.4. The summed E-state index contributed by atoms with van der Waals surface area (Å²) in [6.45, 7) is 0. The van der Waals surface area contributed by atoms with Crippen LogP contribution in [0.2, 0.25) is 0 Å². The molecule has 2 rings (SSSR count). The smallest absolute Gasteiger partial charge is 0.127 e. The maximum atomic E-state index is 8.18. The monoisotopic (exact) mass is 318 g/mol. The molecule has 0 aromatic heterocycles. The van der Waals surface area contributed by atoms with Gasteiger partial charge in [-0.15, -0.1) is 8.67 Å². The van der Waals surface area contributed by atoms with Gasteiger partial charge in [0.2, 0.25) is 0 Å². The topological polar surface area (TPSA) is 86.6 Å². The van der Waals surface area contributed by atoms with E-state index in [1.165, 1.54) is 0 Å². The summed E-state index contributed by atoms with van der Waals surface area (Å²) in [5, 5.41) is 25.2. The standard InChI is InChI=1S/C11H10O7S2/c1-14-11-6-9(20-18-16-13)5-7-4-8(19-17-15-12)2-3-10(7)11/h2-6,12-13H,1H3. The first-order chi connectivity index (χ1) is 9.78. The molecule has 2 aromatic carbocycles. The highest BCUT2D eigenvalue weighted by Crippen LogP contribution is 2.34. The SMILES string of the molecule is COc1cc(SOOO)cc2cc(SOOO)ccc12. The van der Waals surface area contributed by atoms with Gasteiger partial charge in [-0.1, -0.05) is 10.1 Å². The Morgan fingerprint density at radius 2 is 1.55 bits per heavy atom. The maximum Gasteiger partial charge on any atom is 0.127 e. The summed E-state index contributed by atoms with van der Waals surface area (Å²) in [6.07, 6.45) is 0. The van der Waals surface area contributed by atoms with E-state index in [4.69, 9.17) is 15.3 Å². The molecule has 0 unspecified atom stereocenters. The van der Waals surface area contributed by atoms with Crippen LogP contribution in [-0.4, -0.2) is 17.6 Å². The Morgan fingerprint density at radius 3 is 2.20 bits per heavy atom. The Balaban J connectivity index is 2.37. The van der Waals surface area contributed by atoms with Gasteiger partial charge in [-0.05, 0) is 35.7 Å². The van der Waals surface area contributed by atoms with Crippen LogP contribution < -0.4 is 4.74 Å². The summed E-state index contributed by atoms with van der Waals surface area (Å²) in [6, 6.07) is 8.99. The lowest BCUT2D eigenvalue weighted by Gasteiger charge is -2.09. The largest absolute Gasteiger partial charge is 0.496 e. The van der Waals surface area contributed by atoms with Crippen molar-refractivity contribution in [1.82, 2.24) is 0 Å². The summed E-state index contributed by atoms with van der Waals surface area (Å²) in [4.78, 5) is 1.39. The summed E-state index contributed by atoms with van der Waals surface area (Å²) < 4.78 is 14.1. The van der Waals surface area contributed by atoms with E-state index in [0.717, 1.165) is 39.8 Å². The lowest BCUT2D eigenvalue weighted by atomic mass is 10.1. The molecule has 20 heavy (non-hydrogen) atoms. The molecule has 108 valence electrons. The number of methoxy groups -OCH3 is 1. The summed E-state index contributed by atoms with van der Waals surface area (Å²) >= 11 is 1.69. The molecule has 0 saturated carbocycles. The molecule has 0 heterocycles. The predicted molar refractivity (Wildman–Crippen MR) is 71.8 cm³/mol. The molecule has 0 aliphatic heterocycles. The van der Waals surface area contributed by atoms with Crippen LogP contribution in [0.25, 0.3) is 10.8 Å². The number of ether oxygens (including phenoxy) is 1. The van der Waals surface area contributed by atoms with Crippen LogP contribution in [0.1, 0.15) is 0 Å². The first-order valence-electron chi connectivity index (χ1n) is 5.20. The second kappa shape index (κ2) is 7.67. The second-order valence-corrected chi connectivity index (χ2v) is 5.01. The van der Waals surface area contributed by atoms with E-state index in [9.17, 15) is 0 Å². The number of benzene rings is 2. The van der Waals surface area contributed by atoms with E-state index >= 15 is 0 Å². The van der Waals surface area contributed by atoms with Crippen LogP contribution in [0.3, 0.4) is 0 Å². The van der Waals surface area contributed by atoms with Gasteiger partial charge >= 0.3 is 0 Å². The molecule has 9 heteroatoms. The zero-order valence-electron chi connectivity index (χ0n) is 10.1. The molecule has 0 fully saturated rings. The molecule has 0 atom stereocenters. The number of rotatable bonds is 7. The molecule has 2 aromatic rings. The van der Waals surface area contributed by atoms with Gasteiger partial charge in [-0.25, -0.2) is 10.5 Å². The van der Waals surface area contributed by atoms with Crippen molar-refractivity contribution in [1.29, 1.82) is 0 Å². The predicted octanol–water partition coefficient (Wildman–Crippen LogP) is 3.71. The fraction of sp³-hybridized carbons (Fsp3) is 0.0909. The zero-order valence-corrected chi connectivity index (χ0v) is 11.8. The quantitative estimate of drug-likeness (QED) is 0.450. The second-order valence-electron chi connectivity index (χ2n) is 3.46. The normalized spacial score (nSPS) is 10.9. The molecular formula is C11H10O7S2. The molecule has 0 amide bonds. The van der Waals surface area contributed by atoms with Crippen LogP contribution in [0.4, 0.5) is 0 Å². The van der Waals surface area contributed by atoms with E-state index in [-0.39, 0.29) is 0 Å². The van der Waals surface area contributed by atoms with Crippen molar-refractivity contribution in [3.05, 3.63) is 30.3 Å². The van der Waals surface area contributed by atoms with Crippen LogP contribution in [0, 0.1) is 0 Å². The van der Waals surface area contributed by atoms with Crippen LogP contribution in [-0.2, 0) is 18.7 Å². The minimum Gasteiger partial charge on any atom is -0.496 e. The van der Waals surface area contributed by atoms with E-state index in [1.54, 1.807) is 19.2 Å². The van der Waals surface area contributed by atoms with E-state index < -0.39 is 0 Å². The summed E-state index contributed by atoms with van der Waals surface area (Å²) in [5.41, 5.74) is 0. The molecule has 2 N–H and O–H groups in total. The Hall–Kier alpha value is -1.04. The summed E-state index contributed by atoms with van der Waals surface area (Å²) in [5.74, 6) is 0.641. The molecule has 7 nitrogen and oxygen atoms in total.